The van der Waals surface area contributed by atoms with Crippen molar-refractivity contribution >= 4 is 34.2 Å². The molecule has 0 radical (unpaired) electrons. The van der Waals surface area contributed by atoms with Crippen molar-refractivity contribution in [1.29, 1.82) is 0 Å². The first kappa shape index (κ1) is 15.2. The molecule has 6 nitrogen and oxygen atoms in total. The number of nitrogens with two attached hydrogens (primary N) is 1. The molecular weight excluding hydrogens is 272 g/mol. The lowest BCUT2D eigenvalue weighted by Gasteiger charge is -2.20. The summed E-state index contributed by atoms with van der Waals surface area (Å²) in [6.07, 6.45) is 0. The Hall–Kier alpha value is -0.860. The van der Waals surface area contributed by atoms with Crippen LogP contribution in [0.1, 0.15) is 13.8 Å². The number of anilines is 1. The number of nitrogens with zero attached hydrogens (tertiary/aromatic N) is 3. The van der Waals surface area contributed by atoms with Gasteiger partial charge in [-0.05, 0) is 13.8 Å². The van der Waals surface area contributed by atoms with Gasteiger partial charge in [0, 0.05) is 19.8 Å². The highest BCUT2D eigenvalue weighted by atomic mass is 32.2. The Morgan fingerprint density at radius 3 is 2.72 bits per heavy atom. The maximum absolute atomic E-state index is 11.6. The van der Waals surface area contributed by atoms with E-state index in [1.807, 2.05) is 19.0 Å². The van der Waals surface area contributed by atoms with E-state index in [0.29, 0.717) is 12.4 Å². The van der Waals surface area contributed by atoms with E-state index in [1.54, 1.807) is 13.8 Å². The van der Waals surface area contributed by atoms with E-state index >= 15 is 0 Å². The molecule has 0 aliphatic heterocycles. The molecule has 2 N–H and O–H groups in total. The van der Waals surface area contributed by atoms with Gasteiger partial charge in [0.05, 0.1) is 6.61 Å². The number of esters is 1. The Morgan fingerprint density at radius 1 is 1.56 bits per heavy atom. The van der Waals surface area contributed by atoms with Crippen LogP contribution in [0, 0.1) is 0 Å². The van der Waals surface area contributed by atoms with Crippen molar-refractivity contribution in [3.63, 3.8) is 0 Å². The van der Waals surface area contributed by atoms with E-state index < -0.39 is 11.5 Å². The first-order valence-corrected chi connectivity index (χ1v) is 7.26. The molecule has 102 valence electrons. The van der Waals surface area contributed by atoms with Crippen molar-refractivity contribution in [1.82, 2.24) is 10.2 Å². The second-order valence-electron chi connectivity index (χ2n) is 4.17. The van der Waals surface area contributed by atoms with E-state index in [1.165, 1.54) is 23.1 Å². The van der Waals surface area contributed by atoms with E-state index in [0.717, 1.165) is 9.47 Å². The third-order valence-electron chi connectivity index (χ3n) is 2.02. The number of rotatable bonds is 6. The quantitative estimate of drug-likeness (QED) is 0.617. The molecule has 1 unspecified atom stereocenters. The van der Waals surface area contributed by atoms with Crippen LogP contribution in [-0.4, -0.2) is 48.2 Å². The van der Waals surface area contributed by atoms with Crippen LogP contribution in [-0.2, 0) is 9.53 Å². The monoisotopic (exact) mass is 290 g/mol. The smallest absolute Gasteiger partial charge is 0.326 e. The van der Waals surface area contributed by atoms with Crippen LogP contribution in [0.25, 0.3) is 0 Å². The highest BCUT2D eigenvalue weighted by Crippen LogP contribution is 2.28. The molecule has 18 heavy (non-hydrogen) atoms. The van der Waals surface area contributed by atoms with Gasteiger partial charge in [-0.3, -0.25) is 4.79 Å². The van der Waals surface area contributed by atoms with Crippen LogP contribution < -0.4 is 10.6 Å². The Balaban J connectivity index is 2.55. The predicted molar refractivity (Wildman–Crippen MR) is 74.2 cm³/mol. The fourth-order valence-electron chi connectivity index (χ4n) is 1.01. The minimum absolute atomic E-state index is 0.333. The van der Waals surface area contributed by atoms with Gasteiger partial charge in [-0.25, -0.2) is 0 Å². The summed E-state index contributed by atoms with van der Waals surface area (Å²) in [6.45, 7) is 3.75. The molecule has 1 heterocycles. The minimum atomic E-state index is -1.01. The summed E-state index contributed by atoms with van der Waals surface area (Å²) < 4.78 is 5.71. The Bertz CT molecular complexity index is 406. The maximum atomic E-state index is 11.6. The molecule has 1 atom stereocenters. The highest BCUT2D eigenvalue weighted by molar-refractivity contribution is 8.01. The zero-order valence-electron chi connectivity index (χ0n) is 11.0. The van der Waals surface area contributed by atoms with Gasteiger partial charge in [-0.1, -0.05) is 23.1 Å². The molecule has 1 aromatic heterocycles. The number of ether oxygens (including phenoxy) is 1. The largest absolute Gasteiger partial charge is 0.465 e. The molecule has 1 rings (SSSR count). The summed E-state index contributed by atoms with van der Waals surface area (Å²) in [5, 5.41) is 8.87. The molecule has 0 aliphatic rings. The lowest BCUT2D eigenvalue weighted by Crippen LogP contribution is -2.48. The number of hydrogen-bond acceptors (Lipinski definition) is 8. The van der Waals surface area contributed by atoms with E-state index in [-0.39, 0.29) is 0 Å². The van der Waals surface area contributed by atoms with Crippen molar-refractivity contribution in [2.45, 2.75) is 23.7 Å². The second kappa shape index (κ2) is 6.35. The van der Waals surface area contributed by atoms with E-state index in [4.69, 9.17) is 10.5 Å². The Labute approximate surface area is 115 Å². The predicted octanol–water partition coefficient (Wildman–Crippen LogP) is 0.977. The molecule has 0 spiro atoms. The fraction of sp³-hybridized carbons (Fsp3) is 0.700. The topological polar surface area (TPSA) is 81.3 Å². The van der Waals surface area contributed by atoms with Crippen molar-refractivity contribution in [3.8, 4) is 0 Å². The van der Waals surface area contributed by atoms with Crippen molar-refractivity contribution in [3.05, 3.63) is 0 Å². The summed E-state index contributed by atoms with van der Waals surface area (Å²) in [5.74, 6) is 0.0170. The van der Waals surface area contributed by atoms with Crippen LogP contribution in [0.3, 0.4) is 0 Å². The molecule has 0 saturated heterocycles. The van der Waals surface area contributed by atoms with Gasteiger partial charge < -0.3 is 15.4 Å². The Morgan fingerprint density at radius 2 is 2.22 bits per heavy atom. The lowest BCUT2D eigenvalue weighted by molar-refractivity contribution is -0.148. The van der Waals surface area contributed by atoms with Crippen molar-refractivity contribution in [2.75, 3.05) is 31.4 Å². The molecule has 0 bridgehead atoms. The number of aromatic nitrogens is 2. The Kier molecular flexibility index (Phi) is 5.36. The maximum Gasteiger partial charge on any atom is 0.326 e. The zero-order valence-corrected chi connectivity index (χ0v) is 12.6. The lowest BCUT2D eigenvalue weighted by atomic mass is 10.1. The van der Waals surface area contributed by atoms with Gasteiger partial charge in [0.25, 0.3) is 0 Å². The molecule has 0 aliphatic carbocycles. The zero-order chi connectivity index (χ0) is 13.8. The van der Waals surface area contributed by atoms with Crippen molar-refractivity contribution in [2.24, 2.45) is 5.73 Å². The summed E-state index contributed by atoms with van der Waals surface area (Å²) in [5.41, 5.74) is 4.90. The summed E-state index contributed by atoms with van der Waals surface area (Å²) in [7, 11) is 3.81. The molecule has 1 aromatic rings. The van der Waals surface area contributed by atoms with Gasteiger partial charge in [-0.2, -0.15) is 0 Å². The summed E-state index contributed by atoms with van der Waals surface area (Å²) in [4.78, 5) is 13.5. The molecule has 8 heteroatoms. The summed E-state index contributed by atoms with van der Waals surface area (Å²) >= 11 is 2.88. The molecular formula is C10H18N4O2S2. The van der Waals surface area contributed by atoms with E-state index in [9.17, 15) is 4.79 Å². The normalized spacial score (nSPS) is 14.1. The minimum Gasteiger partial charge on any atom is -0.465 e. The van der Waals surface area contributed by atoms with Crippen LogP contribution in [0.4, 0.5) is 5.13 Å². The SMILES string of the molecule is CCOC(=O)C(C)(N)CSc1nnc(N(C)C)s1. The molecule has 0 amide bonds. The number of carbonyl (C=O) groups excluding carboxylic acids is 1. The van der Waals surface area contributed by atoms with Gasteiger partial charge in [0.15, 0.2) is 4.34 Å². The van der Waals surface area contributed by atoms with Crippen LogP contribution >= 0.6 is 23.1 Å². The summed E-state index contributed by atoms with van der Waals surface area (Å²) in [6, 6.07) is 0. The van der Waals surface area contributed by atoms with Gasteiger partial charge in [0.1, 0.15) is 5.54 Å². The first-order valence-electron chi connectivity index (χ1n) is 5.46. The average molecular weight is 290 g/mol. The number of thioether (sulfide) groups is 1. The highest BCUT2D eigenvalue weighted by Gasteiger charge is 2.30. The van der Waals surface area contributed by atoms with E-state index in [2.05, 4.69) is 10.2 Å². The van der Waals surface area contributed by atoms with Crippen LogP contribution in [0.15, 0.2) is 4.34 Å². The third-order valence-corrected chi connectivity index (χ3v) is 4.58. The standard InChI is InChI=1S/C10H18N4O2S2/c1-5-16-7(15)10(2,11)6-17-9-13-12-8(18-9)14(3)4/h5-6,11H2,1-4H3. The first-order chi connectivity index (χ1) is 8.36. The van der Waals surface area contributed by atoms with Crippen LogP contribution in [0.2, 0.25) is 0 Å². The molecule has 0 fully saturated rings. The average Bonchev–Trinajstić information content (AvgIpc) is 2.75. The van der Waals surface area contributed by atoms with Crippen LogP contribution in [0.5, 0.6) is 0 Å². The van der Waals surface area contributed by atoms with Crippen molar-refractivity contribution < 1.29 is 9.53 Å². The molecule has 0 aromatic carbocycles. The van der Waals surface area contributed by atoms with Gasteiger partial charge in [0.2, 0.25) is 5.13 Å². The number of carbonyl (C=O) groups is 1. The third kappa shape index (κ3) is 4.11. The molecule has 0 saturated carbocycles. The number of hydrogen-bond donors (Lipinski definition) is 1. The van der Waals surface area contributed by atoms with Gasteiger partial charge in [-0.15, -0.1) is 10.2 Å². The van der Waals surface area contributed by atoms with Gasteiger partial charge >= 0.3 is 5.97 Å². The fourth-order valence-corrected chi connectivity index (χ4v) is 2.79. The second-order valence-corrected chi connectivity index (χ2v) is 6.35.